The van der Waals surface area contributed by atoms with Crippen LogP contribution in [0.2, 0.25) is 0 Å². The summed E-state index contributed by atoms with van der Waals surface area (Å²) in [6, 6.07) is 7.32. The number of rotatable bonds is 4. The van der Waals surface area contributed by atoms with Crippen molar-refractivity contribution in [2.24, 2.45) is 0 Å². The van der Waals surface area contributed by atoms with Crippen LogP contribution in [0, 0.1) is 0 Å². The van der Waals surface area contributed by atoms with Crippen LogP contribution in [0.1, 0.15) is 34.7 Å². The second-order valence-electron chi connectivity index (χ2n) is 6.51. The summed E-state index contributed by atoms with van der Waals surface area (Å²) in [6.07, 6.45) is 3.10. The Balaban J connectivity index is 1.39. The van der Waals surface area contributed by atoms with Crippen molar-refractivity contribution in [3.63, 3.8) is 0 Å². The molecule has 136 valence electrons. The van der Waals surface area contributed by atoms with E-state index in [4.69, 9.17) is 4.74 Å². The second-order valence-corrected chi connectivity index (χ2v) is 6.51. The van der Waals surface area contributed by atoms with Gasteiger partial charge in [-0.3, -0.25) is 19.3 Å². The smallest absolute Gasteiger partial charge is 0.272 e. The average molecular weight is 355 g/mol. The molecule has 4 rings (SSSR count). The first kappa shape index (κ1) is 16.7. The number of carbonyl (C=O) groups is 2. The molecule has 2 aliphatic heterocycles. The van der Waals surface area contributed by atoms with E-state index in [9.17, 15) is 9.59 Å². The number of hydrogen-bond donors (Lipinski definition) is 1. The Morgan fingerprint density at radius 3 is 3.00 bits per heavy atom. The van der Waals surface area contributed by atoms with Gasteiger partial charge in [0.1, 0.15) is 6.10 Å². The third-order valence-electron chi connectivity index (χ3n) is 4.70. The number of carbonyl (C=O) groups excluding carboxylic acids is 2. The molecule has 1 saturated heterocycles. The molecule has 1 atom stereocenters. The number of nitrogens with zero attached hydrogens (tertiary/aromatic N) is 4. The van der Waals surface area contributed by atoms with E-state index < -0.39 is 0 Å². The van der Waals surface area contributed by atoms with Crippen LogP contribution < -0.4 is 5.32 Å². The maximum absolute atomic E-state index is 12.5. The van der Waals surface area contributed by atoms with Crippen molar-refractivity contribution in [1.29, 1.82) is 0 Å². The molecule has 2 aromatic heterocycles. The normalized spacial score (nSPS) is 19.2. The lowest BCUT2D eigenvalue weighted by atomic mass is 10.2. The van der Waals surface area contributed by atoms with Crippen molar-refractivity contribution in [3.05, 3.63) is 47.5 Å². The van der Waals surface area contributed by atoms with Crippen LogP contribution in [0.3, 0.4) is 0 Å². The molecule has 0 bridgehead atoms. The van der Waals surface area contributed by atoms with Crippen molar-refractivity contribution >= 4 is 11.8 Å². The highest BCUT2D eigenvalue weighted by Gasteiger charge is 2.31. The van der Waals surface area contributed by atoms with E-state index in [-0.39, 0.29) is 17.9 Å². The first-order valence-corrected chi connectivity index (χ1v) is 8.86. The summed E-state index contributed by atoms with van der Waals surface area (Å²) < 4.78 is 7.29. The van der Waals surface area contributed by atoms with Crippen LogP contribution in [0.15, 0.2) is 30.5 Å². The van der Waals surface area contributed by atoms with E-state index >= 15 is 0 Å². The van der Waals surface area contributed by atoms with Gasteiger partial charge in [0.05, 0.1) is 31.0 Å². The Bertz CT molecular complexity index is 798. The van der Waals surface area contributed by atoms with Gasteiger partial charge in [-0.25, -0.2) is 0 Å². The lowest BCUT2D eigenvalue weighted by Gasteiger charge is -2.29. The van der Waals surface area contributed by atoms with E-state index in [2.05, 4.69) is 15.4 Å². The van der Waals surface area contributed by atoms with Gasteiger partial charge in [0.15, 0.2) is 5.69 Å². The third-order valence-corrected chi connectivity index (χ3v) is 4.70. The fraction of sp³-hybridized carbons (Fsp3) is 0.444. The highest BCUT2D eigenvalue weighted by Crippen LogP contribution is 2.19. The maximum atomic E-state index is 12.5. The minimum atomic E-state index is -0.314. The van der Waals surface area contributed by atoms with Gasteiger partial charge in [-0.05, 0) is 31.0 Å². The molecule has 2 aliphatic rings. The minimum Gasteiger partial charge on any atom is -0.368 e. The van der Waals surface area contributed by atoms with Crippen LogP contribution >= 0.6 is 0 Å². The van der Waals surface area contributed by atoms with Crippen LogP contribution in [0.25, 0.3) is 0 Å². The quantitative estimate of drug-likeness (QED) is 0.873. The van der Waals surface area contributed by atoms with Gasteiger partial charge in [-0.1, -0.05) is 6.07 Å². The number of ether oxygens (including phenoxy) is 1. The summed E-state index contributed by atoms with van der Waals surface area (Å²) in [6.45, 7) is 2.64. The minimum absolute atomic E-state index is 0.0381. The molecule has 2 aromatic rings. The zero-order valence-corrected chi connectivity index (χ0v) is 14.4. The largest absolute Gasteiger partial charge is 0.368 e. The van der Waals surface area contributed by atoms with E-state index in [1.54, 1.807) is 21.8 Å². The molecule has 8 nitrogen and oxygen atoms in total. The molecule has 8 heteroatoms. The molecule has 2 amide bonds. The van der Waals surface area contributed by atoms with Gasteiger partial charge >= 0.3 is 0 Å². The molecule has 0 saturated carbocycles. The molecule has 1 N–H and O–H groups in total. The predicted octanol–water partition coefficient (Wildman–Crippen LogP) is 0.729. The topological polar surface area (TPSA) is 89.4 Å². The predicted molar refractivity (Wildman–Crippen MR) is 92.0 cm³/mol. The van der Waals surface area contributed by atoms with Crippen LogP contribution in [-0.4, -0.2) is 50.7 Å². The van der Waals surface area contributed by atoms with Crippen LogP contribution in [0.5, 0.6) is 0 Å². The van der Waals surface area contributed by atoms with Gasteiger partial charge in [0.2, 0.25) is 0 Å². The molecular formula is C18H21N5O3. The zero-order chi connectivity index (χ0) is 17.9. The Kier molecular flexibility index (Phi) is 4.66. The highest BCUT2D eigenvalue weighted by molar-refractivity contribution is 5.92. The monoisotopic (exact) mass is 355 g/mol. The number of fused-ring (bicyclic) bond motifs is 1. The molecule has 1 fully saturated rings. The molecule has 0 spiro atoms. The Hall–Kier alpha value is -2.74. The van der Waals surface area contributed by atoms with Crippen molar-refractivity contribution in [2.75, 3.05) is 13.2 Å². The van der Waals surface area contributed by atoms with Crippen LogP contribution in [-0.2, 0) is 29.2 Å². The summed E-state index contributed by atoms with van der Waals surface area (Å²) in [5.41, 5.74) is 2.02. The average Bonchev–Trinajstić information content (AvgIpc) is 3.35. The van der Waals surface area contributed by atoms with Crippen molar-refractivity contribution < 1.29 is 14.3 Å². The Morgan fingerprint density at radius 1 is 1.31 bits per heavy atom. The van der Waals surface area contributed by atoms with E-state index in [0.29, 0.717) is 38.5 Å². The number of aromatic nitrogens is 3. The molecule has 0 aromatic carbocycles. The van der Waals surface area contributed by atoms with Crippen molar-refractivity contribution in [2.45, 2.75) is 38.6 Å². The van der Waals surface area contributed by atoms with Gasteiger partial charge in [-0.15, -0.1) is 0 Å². The van der Waals surface area contributed by atoms with E-state index in [1.807, 2.05) is 18.2 Å². The summed E-state index contributed by atoms with van der Waals surface area (Å²) in [5, 5.41) is 7.19. The van der Waals surface area contributed by atoms with Gasteiger partial charge in [0, 0.05) is 19.3 Å². The fourth-order valence-electron chi connectivity index (χ4n) is 3.31. The SMILES string of the molecule is O=C(NCc1ccccn1)c1cc2n(n1)CCN(C(=O)C1CCCO1)C2. The standard InChI is InChI=1S/C18H21N5O3/c24-17(20-11-13-4-1-2-6-19-13)15-10-14-12-22(7-8-23(14)21-15)18(25)16-5-3-9-26-16/h1-2,4,6,10,16H,3,5,7-9,11-12H2,(H,20,24). The second kappa shape index (κ2) is 7.25. The molecular weight excluding hydrogens is 334 g/mol. The maximum Gasteiger partial charge on any atom is 0.272 e. The third kappa shape index (κ3) is 3.45. The van der Waals surface area contributed by atoms with E-state index in [1.165, 1.54) is 0 Å². The summed E-state index contributed by atoms with van der Waals surface area (Å²) in [4.78, 5) is 30.8. The Labute approximate surface area is 151 Å². The molecule has 1 unspecified atom stereocenters. The number of nitrogens with one attached hydrogen (secondary N) is 1. The number of amides is 2. The summed E-state index contributed by atoms with van der Waals surface area (Å²) in [7, 11) is 0. The molecule has 4 heterocycles. The number of pyridine rings is 1. The lowest BCUT2D eigenvalue weighted by molar-refractivity contribution is -0.142. The molecule has 0 aliphatic carbocycles. The first-order valence-electron chi connectivity index (χ1n) is 8.86. The highest BCUT2D eigenvalue weighted by atomic mass is 16.5. The zero-order valence-electron chi connectivity index (χ0n) is 14.4. The lowest BCUT2D eigenvalue weighted by Crippen LogP contribution is -2.43. The summed E-state index contributed by atoms with van der Waals surface area (Å²) in [5.74, 6) is -0.203. The number of hydrogen-bond acceptors (Lipinski definition) is 5. The van der Waals surface area contributed by atoms with Gasteiger partial charge < -0.3 is 15.0 Å². The first-order chi connectivity index (χ1) is 12.7. The molecule has 0 radical (unpaired) electrons. The molecule has 26 heavy (non-hydrogen) atoms. The summed E-state index contributed by atoms with van der Waals surface area (Å²) >= 11 is 0. The van der Waals surface area contributed by atoms with Crippen molar-refractivity contribution in [3.8, 4) is 0 Å². The van der Waals surface area contributed by atoms with Crippen molar-refractivity contribution in [1.82, 2.24) is 25.0 Å². The van der Waals surface area contributed by atoms with E-state index in [0.717, 1.165) is 24.2 Å². The Morgan fingerprint density at radius 2 is 2.23 bits per heavy atom. The van der Waals surface area contributed by atoms with Crippen LogP contribution in [0.4, 0.5) is 0 Å². The van der Waals surface area contributed by atoms with Gasteiger partial charge in [-0.2, -0.15) is 5.10 Å². The van der Waals surface area contributed by atoms with Gasteiger partial charge in [0.25, 0.3) is 11.8 Å². The fourth-order valence-corrected chi connectivity index (χ4v) is 3.31.